The second kappa shape index (κ2) is 9.01. The second-order valence-corrected chi connectivity index (χ2v) is 13.9. The Balaban J connectivity index is 0.000000405. The van der Waals surface area contributed by atoms with Crippen LogP contribution in [-0.2, 0) is 13.0 Å². The Morgan fingerprint density at radius 2 is 1.24 bits per heavy atom. The Morgan fingerprint density at radius 3 is 1.89 bits per heavy atom. The van der Waals surface area contributed by atoms with Crippen LogP contribution in [-0.4, -0.2) is 40.8 Å². The van der Waals surface area contributed by atoms with Gasteiger partial charge in [0.05, 0.1) is 37.8 Å². The van der Waals surface area contributed by atoms with E-state index in [1.165, 1.54) is 27.6 Å². The molecule has 198 valence electrons. The molecule has 0 spiro atoms. The molecule has 11 heteroatoms. The fraction of sp³-hybridized carbons (Fsp3) is 0.192. The van der Waals surface area contributed by atoms with Crippen LogP contribution in [0.4, 0.5) is 16.9 Å². The Kier molecular flexibility index (Phi) is 6.55. The van der Waals surface area contributed by atoms with Gasteiger partial charge in [-0.15, -0.1) is 0 Å². The van der Waals surface area contributed by atoms with Gasteiger partial charge in [-0.2, -0.15) is 4.57 Å². The van der Waals surface area contributed by atoms with Gasteiger partial charge in [0.1, 0.15) is 5.75 Å². The number of pyridine rings is 1. The molecule has 0 fully saturated rings. The number of fused-ring (bicyclic) bond motifs is 5. The van der Waals surface area contributed by atoms with Gasteiger partial charge in [-0.25, -0.2) is 0 Å². The topological polar surface area (TPSA) is 31.6 Å². The molecule has 0 saturated carbocycles. The van der Waals surface area contributed by atoms with Crippen molar-refractivity contribution in [1.29, 1.82) is 0 Å². The summed E-state index contributed by atoms with van der Waals surface area (Å²) in [5.41, 5.74) is 5.91. The summed E-state index contributed by atoms with van der Waals surface area (Å²) in [6, 6.07) is 23.2. The van der Waals surface area contributed by atoms with Crippen LogP contribution in [0.1, 0.15) is 5.56 Å². The molecule has 0 atom stereocenters. The first kappa shape index (κ1) is 26.9. The summed E-state index contributed by atoms with van der Waals surface area (Å²) < 4.78 is 78.8. The molecule has 1 aliphatic rings. The van der Waals surface area contributed by atoms with Gasteiger partial charge >= 0.3 is 36.4 Å². The zero-order valence-corrected chi connectivity index (χ0v) is 22.7. The average molecular weight is 634 g/mol. The molecule has 0 saturated heterocycles. The van der Waals surface area contributed by atoms with Crippen molar-refractivity contribution in [3.05, 3.63) is 72.3 Å². The maximum absolute atomic E-state index is 11.2. The van der Waals surface area contributed by atoms with Crippen molar-refractivity contribution in [2.24, 2.45) is 0 Å². The molecule has 0 aliphatic carbocycles. The maximum atomic E-state index is 9.93. The molecule has 0 amide bonds. The second-order valence-electron chi connectivity index (χ2n) is 8.39. The third kappa shape index (κ3) is 6.42. The molecule has 1 aliphatic heterocycles. The number of aromatic nitrogens is 1. The third-order valence-corrected chi connectivity index (χ3v) is 5.92. The van der Waals surface area contributed by atoms with Crippen molar-refractivity contribution in [1.82, 2.24) is 0 Å². The quantitative estimate of drug-likeness (QED) is 0.136. The van der Waals surface area contributed by atoms with E-state index in [2.05, 4.69) is 59.2 Å². The molecule has 0 unspecified atom stereocenters. The molecule has 4 nitrogen and oxygen atoms in total. The molecule has 4 aromatic rings. The average Bonchev–Trinajstić information content (AvgIpc) is 2.85. The predicted molar refractivity (Wildman–Crippen MR) is 131 cm³/mol. The standard InChI is InChI=1S/C26H24NO3.6FH.Sb/c1-28-23-11-7-6-10-20(23)22-14-17-8-4-5-9-19(17)26-21-16-25(30-3)24(29-2)15-18(21)12-13-27(22)26;;;;;;;/h4-11,14-16H,12-13H2,1-3H3;6*1H;/q+1;;;;;;;+5/p-6. The van der Waals surface area contributed by atoms with Gasteiger partial charge in [-0.1, -0.05) is 30.3 Å². The van der Waals surface area contributed by atoms with Crippen molar-refractivity contribution in [2.75, 3.05) is 21.3 Å². The van der Waals surface area contributed by atoms with Crippen molar-refractivity contribution < 1.29 is 35.7 Å². The van der Waals surface area contributed by atoms with Gasteiger partial charge in [-0.3, -0.25) is 0 Å². The Labute approximate surface area is 211 Å². The summed E-state index contributed by atoms with van der Waals surface area (Å²) in [5, 5.41) is 2.43. The summed E-state index contributed by atoms with van der Waals surface area (Å²) in [5.74, 6) is 2.40. The molecule has 0 bridgehead atoms. The van der Waals surface area contributed by atoms with Crippen molar-refractivity contribution in [3.8, 4) is 39.8 Å². The number of nitrogens with zero attached hydrogens (tertiary/aromatic N) is 1. The Hall–Kier alpha value is -3.13. The third-order valence-electron chi connectivity index (χ3n) is 5.92. The SMILES string of the molecule is COc1cc2c(cc1OC)-c1c3ccccc3cc(-c3ccccc3OC)[n+]1CC2.[F][Sb-]([F])([F])([F])([F])[F]. The van der Waals surface area contributed by atoms with E-state index in [0.29, 0.717) is 0 Å². The van der Waals surface area contributed by atoms with E-state index in [9.17, 15) is 16.9 Å². The van der Waals surface area contributed by atoms with E-state index in [4.69, 9.17) is 14.2 Å². The van der Waals surface area contributed by atoms with Crippen LogP contribution in [0, 0.1) is 0 Å². The molecular formula is C26H24F6NO3Sb. The van der Waals surface area contributed by atoms with Crippen LogP contribution in [0.25, 0.3) is 33.3 Å². The van der Waals surface area contributed by atoms with Gasteiger partial charge in [0, 0.05) is 12.5 Å². The van der Waals surface area contributed by atoms with Crippen LogP contribution < -0.4 is 18.8 Å². The number of benzene rings is 3. The number of hydrogen-bond acceptors (Lipinski definition) is 3. The fourth-order valence-corrected chi connectivity index (χ4v) is 4.51. The first-order valence-electron chi connectivity index (χ1n) is 11.1. The van der Waals surface area contributed by atoms with Gasteiger partial charge in [-0.05, 0) is 41.3 Å². The van der Waals surface area contributed by atoms with Crippen LogP contribution in [0.2, 0.25) is 0 Å². The minimum atomic E-state index is -11.2. The number of para-hydroxylation sites is 1. The van der Waals surface area contributed by atoms with Crippen molar-refractivity contribution >= 4 is 30.2 Å². The van der Waals surface area contributed by atoms with E-state index < -0.39 is 19.5 Å². The number of rotatable bonds is 4. The summed E-state index contributed by atoms with van der Waals surface area (Å²) >= 11 is -11.2. The Bertz CT molecular complexity index is 1480. The number of ether oxygens (including phenoxy) is 3. The molecule has 2 heterocycles. The number of halogens is 6. The first-order valence-corrected chi connectivity index (χ1v) is 16.9. The Morgan fingerprint density at radius 1 is 0.676 bits per heavy atom. The zero-order chi connectivity index (χ0) is 27.1. The van der Waals surface area contributed by atoms with Crippen LogP contribution in [0.15, 0.2) is 66.7 Å². The van der Waals surface area contributed by atoms with Crippen molar-refractivity contribution in [2.45, 2.75) is 13.0 Å². The zero-order valence-electron chi connectivity index (χ0n) is 20.2. The number of methoxy groups -OCH3 is 3. The molecule has 5 rings (SSSR count). The van der Waals surface area contributed by atoms with Crippen LogP contribution >= 0.6 is 0 Å². The van der Waals surface area contributed by atoms with Gasteiger partial charge in [0.2, 0.25) is 11.4 Å². The number of aryl methyl sites for hydroxylation is 1. The summed E-state index contributed by atoms with van der Waals surface area (Å²) in [6.45, 7) is 0.885. The van der Waals surface area contributed by atoms with E-state index >= 15 is 0 Å². The van der Waals surface area contributed by atoms with E-state index in [1.54, 1.807) is 21.3 Å². The van der Waals surface area contributed by atoms with Crippen LogP contribution in [0.5, 0.6) is 17.2 Å². The van der Waals surface area contributed by atoms with E-state index in [0.717, 1.165) is 41.5 Å². The van der Waals surface area contributed by atoms with Gasteiger partial charge in [0.15, 0.2) is 18.0 Å². The summed E-state index contributed by atoms with van der Waals surface area (Å²) in [7, 11) is 5.10. The summed E-state index contributed by atoms with van der Waals surface area (Å²) in [6.07, 6.45) is 0.924. The number of hydrogen-bond donors (Lipinski definition) is 0. The van der Waals surface area contributed by atoms with E-state index in [1.807, 2.05) is 12.1 Å². The molecule has 1 aromatic heterocycles. The van der Waals surface area contributed by atoms with Crippen LogP contribution in [0.3, 0.4) is 0 Å². The van der Waals surface area contributed by atoms with Gasteiger partial charge in [0.25, 0.3) is 0 Å². The monoisotopic (exact) mass is 633 g/mol. The fourth-order valence-electron chi connectivity index (χ4n) is 4.51. The molecular weight excluding hydrogens is 610 g/mol. The minimum absolute atomic E-state index is 0.747. The van der Waals surface area contributed by atoms with Gasteiger partial charge < -0.3 is 14.2 Å². The summed E-state index contributed by atoms with van der Waals surface area (Å²) in [4.78, 5) is 0. The molecule has 3 aromatic carbocycles. The van der Waals surface area contributed by atoms with E-state index in [-0.39, 0.29) is 0 Å². The normalized spacial score (nSPS) is 14.3. The molecule has 0 radical (unpaired) electrons. The van der Waals surface area contributed by atoms with Crippen molar-refractivity contribution in [3.63, 3.8) is 0 Å². The first-order chi connectivity index (χ1) is 17.2. The predicted octanol–water partition coefficient (Wildman–Crippen LogP) is 7.18. The molecule has 37 heavy (non-hydrogen) atoms. The molecule has 0 N–H and O–H groups in total.